The molecular weight excluding hydrogens is 382 g/mol. The summed E-state index contributed by atoms with van der Waals surface area (Å²) >= 11 is 0. The monoisotopic (exact) mass is 404 g/mol. The van der Waals surface area contributed by atoms with E-state index in [0.717, 1.165) is 5.69 Å². The van der Waals surface area contributed by atoms with Gasteiger partial charge < -0.3 is 19.3 Å². The first-order valence-corrected chi connectivity index (χ1v) is 9.11. The smallest absolute Gasteiger partial charge is 0.387 e. The SMILES string of the molecule is COc1cc(CN(C)C(=O)C2CC(=O)N(c3ccccc3)C2)ccc1OC(F)F. The van der Waals surface area contributed by atoms with Crippen LogP contribution in [0.25, 0.3) is 0 Å². The molecule has 0 radical (unpaired) electrons. The van der Waals surface area contributed by atoms with Crippen molar-refractivity contribution >= 4 is 17.5 Å². The number of ether oxygens (including phenoxy) is 2. The van der Waals surface area contributed by atoms with Crippen LogP contribution >= 0.6 is 0 Å². The van der Waals surface area contributed by atoms with E-state index in [-0.39, 0.29) is 36.3 Å². The second kappa shape index (κ2) is 8.89. The highest BCUT2D eigenvalue weighted by molar-refractivity contribution is 6.00. The van der Waals surface area contributed by atoms with Crippen molar-refractivity contribution in [1.29, 1.82) is 0 Å². The molecule has 0 bridgehead atoms. The van der Waals surface area contributed by atoms with Gasteiger partial charge in [-0.15, -0.1) is 0 Å². The van der Waals surface area contributed by atoms with Gasteiger partial charge in [0.15, 0.2) is 11.5 Å². The molecule has 29 heavy (non-hydrogen) atoms. The van der Waals surface area contributed by atoms with Gasteiger partial charge in [0.05, 0.1) is 13.0 Å². The summed E-state index contributed by atoms with van der Waals surface area (Å²) in [6.45, 7) is -2.37. The number of hydrogen-bond donors (Lipinski definition) is 0. The number of para-hydroxylation sites is 1. The van der Waals surface area contributed by atoms with Crippen molar-refractivity contribution in [2.75, 3.05) is 25.6 Å². The van der Waals surface area contributed by atoms with Gasteiger partial charge in [-0.2, -0.15) is 8.78 Å². The number of amides is 2. The Bertz CT molecular complexity index is 876. The van der Waals surface area contributed by atoms with E-state index >= 15 is 0 Å². The standard InChI is InChI=1S/C21H22F2N2O4/c1-24(12-14-8-9-17(29-21(22)23)18(10-14)28-2)20(27)15-11-19(26)25(13-15)16-6-4-3-5-7-16/h3-10,15,21H,11-13H2,1-2H3. The Morgan fingerprint density at radius 1 is 1.21 bits per heavy atom. The van der Waals surface area contributed by atoms with Crippen LogP contribution in [0.3, 0.4) is 0 Å². The van der Waals surface area contributed by atoms with Crippen LogP contribution in [0.5, 0.6) is 11.5 Å². The number of alkyl halides is 2. The van der Waals surface area contributed by atoms with Crippen molar-refractivity contribution < 1.29 is 27.8 Å². The predicted octanol–water partition coefficient (Wildman–Crippen LogP) is 3.31. The Kier molecular flexibility index (Phi) is 6.31. The zero-order valence-electron chi connectivity index (χ0n) is 16.2. The molecule has 2 aromatic rings. The molecule has 2 amide bonds. The third-order valence-corrected chi connectivity index (χ3v) is 4.78. The van der Waals surface area contributed by atoms with E-state index in [9.17, 15) is 18.4 Å². The molecule has 2 aromatic carbocycles. The highest BCUT2D eigenvalue weighted by Gasteiger charge is 2.36. The minimum atomic E-state index is -2.95. The topological polar surface area (TPSA) is 59.1 Å². The number of hydrogen-bond acceptors (Lipinski definition) is 4. The Labute approximate surface area is 167 Å². The zero-order chi connectivity index (χ0) is 21.0. The Balaban J connectivity index is 1.66. The fourth-order valence-corrected chi connectivity index (χ4v) is 3.40. The number of rotatable bonds is 7. The maximum absolute atomic E-state index is 12.8. The van der Waals surface area contributed by atoms with Crippen LogP contribution in [-0.2, 0) is 16.1 Å². The molecule has 0 aromatic heterocycles. The summed E-state index contributed by atoms with van der Waals surface area (Å²) in [4.78, 5) is 28.3. The molecule has 0 spiro atoms. The summed E-state index contributed by atoms with van der Waals surface area (Å²) in [6.07, 6.45) is 0.155. The van der Waals surface area contributed by atoms with Gasteiger partial charge in [0.25, 0.3) is 0 Å². The first kappa shape index (κ1) is 20.6. The first-order valence-electron chi connectivity index (χ1n) is 9.11. The van der Waals surface area contributed by atoms with Gasteiger partial charge >= 0.3 is 6.61 Å². The number of anilines is 1. The van der Waals surface area contributed by atoms with Crippen LogP contribution in [0.2, 0.25) is 0 Å². The van der Waals surface area contributed by atoms with E-state index in [1.54, 1.807) is 24.1 Å². The Morgan fingerprint density at radius 3 is 2.59 bits per heavy atom. The summed E-state index contributed by atoms with van der Waals surface area (Å²) in [5.74, 6) is -0.576. The van der Waals surface area contributed by atoms with Crippen molar-refractivity contribution in [3.8, 4) is 11.5 Å². The van der Waals surface area contributed by atoms with Crippen molar-refractivity contribution in [1.82, 2.24) is 4.90 Å². The van der Waals surface area contributed by atoms with Crippen molar-refractivity contribution in [2.45, 2.75) is 19.6 Å². The first-order chi connectivity index (χ1) is 13.9. The minimum Gasteiger partial charge on any atom is -0.493 e. The van der Waals surface area contributed by atoms with E-state index in [4.69, 9.17) is 4.74 Å². The van der Waals surface area contributed by atoms with Crippen LogP contribution in [0, 0.1) is 5.92 Å². The van der Waals surface area contributed by atoms with Gasteiger partial charge in [-0.25, -0.2) is 0 Å². The molecule has 1 heterocycles. The third kappa shape index (κ3) is 4.82. The summed E-state index contributed by atoms with van der Waals surface area (Å²) in [7, 11) is 3.00. The van der Waals surface area contributed by atoms with Crippen LogP contribution in [0.4, 0.5) is 14.5 Å². The van der Waals surface area contributed by atoms with Crippen molar-refractivity contribution in [3.63, 3.8) is 0 Å². The van der Waals surface area contributed by atoms with Crippen molar-refractivity contribution in [3.05, 3.63) is 54.1 Å². The molecular formula is C21H22F2N2O4. The fourth-order valence-electron chi connectivity index (χ4n) is 3.40. The van der Waals surface area contributed by atoms with Gasteiger partial charge in [-0.1, -0.05) is 24.3 Å². The predicted molar refractivity (Wildman–Crippen MR) is 103 cm³/mol. The molecule has 6 nitrogen and oxygen atoms in total. The molecule has 1 unspecified atom stereocenters. The molecule has 0 N–H and O–H groups in total. The quantitative estimate of drug-likeness (QED) is 0.711. The summed E-state index contributed by atoms with van der Waals surface area (Å²) in [5.41, 5.74) is 1.47. The van der Waals surface area contributed by atoms with Gasteiger partial charge in [-0.05, 0) is 29.8 Å². The van der Waals surface area contributed by atoms with Crippen molar-refractivity contribution in [2.24, 2.45) is 5.92 Å². The lowest BCUT2D eigenvalue weighted by Gasteiger charge is -2.22. The highest BCUT2D eigenvalue weighted by Crippen LogP contribution is 2.30. The van der Waals surface area contributed by atoms with Gasteiger partial charge in [0.1, 0.15) is 0 Å². The lowest BCUT2D eigenvalue weighted by Crippen LogP contribution is -2.34. The average Bonchev–Trinajstić information content (AvgIpc) is 3.10. The molecule has 1 atom stereocenters. The second-order valence-corrected chi connectivity index (χ2v) is 6.80. The maximum atomic E-state index is 12.8. The van der Waals surface area contributed by atoms with Gasteiger partial charge in [0, 0.05) is 32.2 Å². The average molecular weight is 404 g/mol. The Hall–Kier alpha value is -3.16. The summed E-state index contributed by atoms with van der Waals surface area (Å²) in [5, 5.41) is 0. The van der Waals surface area contributed by atoms with Gasteiger partial charge in [0.2, 0.25) is 11.8 Å². The lowest BCUT2D eigenvalue weighted by atomic mass is 10.1. The van der Waals surface area contributed by atoms with Crippen LogP contribution in [0.15, 0.2) is 48.5 Å². The highest BCUT2D eigenvalue weighted by atomic mass is 19.3. The number of halogens is 2. The van der Waals surface area contributed by atoms with Crippen LogP contribution < -0.4 is 14.4 Å². The normalized spacial score (nSPS) is 16.2. The number of nitrogens with zero attached hydrogens (tertiary/aromatic N) is 2. The molecule has 154 valence electrons. The van der Waals surface area contributed by atoms with Crippen LogP contribution in [0.1, 0.15) is 12.0 Å². The van der Waals surface area contributed by atoms with E-state index in [0.29, 0.717) is 12.1 Å². The number of methoxy groups -OCH3 is 1. The lowest BCUT2D eigenvalue weighted by molar-refractivity contribution is -0.135. The van der Waals surface area contributed by atoms with E-state index < -0.39 is 12.5 Å². The number of benzene rings is 2. The molecule has 0 saturated carbocycles. The second-order valence-electron chi connectivity index (χ2n) is 6.80. The van der Waals surface area contributed by atoms with E-state index in [1.165, 1.54) is 18.1 Å². The minimum absolute atomic E-state index is 0.0693. The molecule has 1 saturated heterocycles. The molecule has 0 aliphatic carbocycles. The maximum Gasteiger partial charge on any atom is 0.387 e. The number of carbonyl (C=O) groups excluding carboxylic acids is 2. The summed E-state index contributed by atoms with van der Waals surface area (Å²) in [6, 6.07) is 13.8. The molecule has 8 heteroatoms. The summed E-state index contributed by atoms with van der Waals surface area (Å²) < 4.78 is 34.4. The van der Waals surface area contributed by atoms with Gasteiger partial charge in [-0.3, -0.25) is 9.59 Å². The number of carbonyl (C=O) groups is 2. The van der Waals surface area contributed by atoms with Crippen LogP contribution in [-0.4, -0.2) is 44.0 Å². The largest absolute Gasteiger partial charge is 0.493 e. The Morgan fingerprint density at radius 2 is 1.93 bits per heavy atom. The fraction of sp³-hybridized carbons (Fsp3) is 0.333. The molecule has 1 aliphatic rings. The molecule has 1 fully saturated rings. The van der Waals surface area contributed by atoms with E-state index in [1.807, 2.05) is 30.3 Å². The molecule has 1 aliphatic heterocycles. The zero-order valence-corrected chi connectivity index (χ0v) is 16.2. The third-order valence-electron chi connectivity index (χ3n) is 4.78. The molecule has 3 rings (SSSR count). The van der Waals surface area contributed by atoms with E-state index in [2.05, 4.69) is 4.74 Å².